The van der Waals surface area contributed by atoms with Gasteiger partial charge in [-0.2, -0.15) is 0 Å². The van der Waals surface area contributed by atoms with Crippen LogP contribution in [0, 0.1) is 6.92 Å². The summed E-state index contributed by atoms with van der Waals surface area (Å²) in [5, 5.41) is 13.4. The quantitative estimate of drug-likeness (QED) is 0.522. The number of ether oxygens (including phenoxy) is 2. The highest BCUT2D eigenvalue weighted by Gasteiger charge is 2.26. The second-order valence-electron chi connectivity index (χ2n) is 8.24. The van der Waals surface area contributed by atoms with E-state index < -0.39 is 6.10 Å². The highest BCUT2D eigenvalue weighted by molar-refractivity contribution is 6.06. The van der Waals surface area contributed by atoms with Crippen molar-refractivity contribution in [1.29, 1.82) is 0 Å². The molecule has 3 aromatic rings. The number of pyridine rings is 1. The molecule has 2 N–H and O–H groups in total. The minimum Gasteiger partial charge on any atom is -0.490 e. The van der Waals surface area contributed by atoms with Crippen LogP contribution in [0.1, 0.15) is 22.3 Å². The van der Waals surface area contributed by atoms with Crippen molar-refractivity contribution in [2.24, 2.45) is 0 Å². The molecule has 4 rings (SSSR count). The lowest BCUT2D eigenvalue weighted by Crippen LogP contribution is -2.35. The Labute approximate surface area is 194 Å². The zero-order valence-corrected chi connectivity index (χ0v) is 18.7. The lowest BCUT2D eigenvalue weighted by molar-refractivity contribution is 0.0709. The maximum Gasteiger partial charge on any atom is 0.259 e. The van der Waals surface area contributed by atoms with Gasteiger partial charge in [0.05, 0.1) is 5.56 Å². The summed E-state index contributed by atoms with van der Waals surface area (Å²) in [6, 6.07) is 20.2. The van der Waals surface area contributed by atoms with Gasteiger partial charge in [-0.3, -0.25) is 9.69 Å². The fourth-order valence-corrected chi connectivity index (χ4v) is 3.84. The summed E-state index contributed by atoms with van der Waals surface area (Å²) in [4.78, 5) is 19.1. The molecule has 0 saturated carbocycles. The molecule has 0 aliphatic carbocycles. The van der Waals surface area contributed by atoms with Crippen LogP contribution in [0.2, 0.25) is 0 Å². The maximum atomic E-state index is 12.7. The predicted octanol–water partition coefficient (Wildman–Crippen LogP) is 3.54. The molecule has 7 heteroatoms. The number of amides is 1. The summed E-state index contributed by atoms with van der Waals surface area (Å²) in [6.07, 6.45) is 1.99. The highest BCUT2D eigenvalue weighted by atomic mass is 16.5. The number of anilines is 1. The molecule has 2 heterocycles. The van der Waals surface area contributed by atoms with E-state index in [-0.39, 0.29) is 18.6 Å². The van der Waals surface area contributed by atoms with Crippen molar-refractivity contribution in [3.05, 3.63) is 84.1 Å². The van der Waals surface area contributed by atoms with Crippen LogP contribution in [0.5, 0.6) is 11.6 Å². The van der Waals surface area contributed by atoms with Crippen LogP contribution in [-0.2, 0) is 0 Å². The van der Waals surface area contributed by atoms with E-state index in [9.17, 15) is 9.90 Å². The number of hydrogen-bond acceptors (Lipinski definition) is 6. The van der Waals surface area contributed by atoms with Gasteiger partial charge in [0.15, 0.2) is 0 Å². The van der Waals surface area contributed by atoms with E-state index in [0.29, 0.717) is 29.4 Å². The maximum absolute atomic E-state index is 12.7. The number of rotatable bonds is 9. The number of para-hydroxylation sites is 2. The molecule has 0 radical (unpaired) electrons. The first-order valence-corrected chi connectivity index (χ1v) is 11.1. The lowest BCUT2D eigenvalue weighted by atomic mass is 10.2. The van der Waals surface area contributed by atoms with Gasteiger partial charge >= 0.3 is 0 Å². The largest absolute Gasteiger partial charge is 0.490 e. The van der Waals surface area contributed by atoms with Gasteiger partial charge in [0.2, 0.25) is 5.88 Å². The van der Waals surface area contributed by atoms with Crippen LogP contribution >= 0.6 is 0 Å². The van der Waals surface area contributed by atoms with Crippen LogP contribution in [-0.4, -0.2) is 59.3 Å². The smallest absolute Gasteiger partial charge is 0.259 e. The molecular weight excluding hydrogens is 418 g/mol. The SMILES string of the molecule is Cc1ccnc(OC2CCN(CC(O)COc3ccccc3C(=O)Nc3ccccc3)C2)c1. The molecule has 1 saturated heterocycles. The molecule has 1 aliphatic rings. The van der Waals surface area contributed by atoms with Crippen LogP contribution in [0.25, 0.3) is 0 Å². The normalized spacial score (nSPS) is 16.8. The standard InChI is InChI=1S/C26H29N3O4/c1-19-11-13-27-25(15-19)33-22-12-14-29(17-22)16-21(30)18-32-24-10-6-5-9-23(24)26(31)28-20-7-3-2-4-8-20/h2-11,13,15,21-22,30H,12,14,16-18H2,1H3,(H,28,31). The number of nitrogens with one attached hydrogen (secondary N) is 1. The Morgan fingerprint density at radius 3 is 2.79 bits per heavy atom. The van der Waals surface area contributed by atoms with Crippen molar-refractivity contribution in [3.8, 4) is 11.6 Å². The Morgan fingerprint density at radius 2 is 1.97 bits per heavy atom. The summed E-state index contributed by atoms with van der Waals surface area (Å²) in [5.74, 6) is 0.824. The van der Waals surface area contributed by atoms with Gasteiger partial charge in [-0.15, -0.1) is 0 Å². The Kier molecular flexibility index (Phi) is 7.55. The number of carbonyl (C=O) groups excluding carboxylic acids is 1. The summed E-state index contributed by atoms with van der Waals surface area (Å²) in [5.41, 5.74) is 2.25. The molecule has 2 aromatic carbocycles. The molecule has 7 nitrogen and oxygen atoms in total. The molecule has 172 valence electrons. The number of benzene rings is 2. The van der Waals surface area contributed by atoms with Crippen molar-refractivity contribution in [1.82, 2.24) is 9.88 Å². The van der Waals surface area contributed by atoms with Crippen LogP contribution in [0.4, 0.5) is 5.69 Å². The minimum absolute atomic E-state index is 0.0508. The van der Waals surface area contributed by atoms with E-state index in [1.54, 1.807) is 24.4 Å². The van der Waals surface area contributed by atoms with Crippen molar-refractivity contribution >= 4 is 11.6 Å². The van der Waals surface area contributed by atoms with Gasteiger partial charge in [-0.1, -0.05) is 30.3 Å². The number of nitrogens with zero attached hydrogens (tertiary/aromatic N) is 2. The van der Waals surface area contributed by atoms with Gasteiger partial charge in [-0.05, 0) is 49.2 Å². The molecule has 1 aromatic heterocycles. The molecule has 1 amide bonds. The van der Waals surface area contributed by atoms with Crippen molar-refractivity contribution in [2.45, 2.75) is 25.6 Å². The first kappa shape index (κ1) is 22.8. The van der Waals surface area contributed by atoms with E-state index >= 15 is 0 Å². The Hall–Kier alpha value is -3.42. The third-order valence-corrected chi connectivity index (χ3v) is 5.47. The zero-order valence-electron chi connectivity index (χ0n) is 18.7. The van der Waals surface area contributed by atoms with Crippen molar-refractivity contribution in [2.75, 3.05) is 31.6 Å². The average molecular weight is 448 g/mol. The highest BCUT2D eigenvalue weighted by Crippen LogP contribution is 2.21. The molecular formula is C26H29N3O4. The molecule has 0 spiro atoms. The molecule has 1 aliphatic heterocycles. The van der Waals surface area contributed by atoms with Crippen LogP contribution in [0.15, 0.2) is 72.9 Å². The number of likely N-dealkylation sites (tertiary alicyclic amines) is 1. The Morgan fingerprint density at radius 1 is 1.18 bits per heavy atom. The second-order valence-corrected chi connectivity index (χ2v) is 8.24. The van der Waals surface area contributed by atoms with Crippen molar-refractivity contribution < 1.29 is 19.4 Å². The Balaban J connectivity index is 1.26. The number of aliphatic hydroxyl groups excluding tert-OH is 1. The number of hydrogen-bond donors (Lipinski definition) is 2. The van der Waals surface area contributed by atoms with E-state index in [2.05, 4.69) is 15.2 Å². The monoisotopic (exact) mass is 447 g/mol. The van der Waals surface area contributed by atoms with Gasteiger partial charge in [0.1, 0.15) is 24.6 Å². The topological polar surface area (TPSA) is 83.9 Å². The van der Waals surface area contributed by atoms with Crippen molar-refractivity contribution in [3.63, 3.8) is 0 Å². The number of carbonyl (C=O) groups is 1. The third kappa shape index (κ3) is 6.54. The van der Waals surface area contributed by atoms with E-state index in [1.807, 2.05) is 55.5 Å². The molecule has 33 heavy (non-hydrogen) atoms. The number of aliphatic hydroxyl groups is 1. The number of β-amino-alcohol motifs (C(OH)–C–C–N with tert-alkyl or cyclic N) is 1. The fraction of sp³-hybridized carbons (Fsp3) is 0.308. The average Bonchev–Trinajstić information content (AvgIpc) is 3.25. The van der Waals surface area contributed by atoms with Crippen LogP contribution < -0.4 is 14.8 Å². The van der Waals surface area contributed by atoms with E-state index in [0.717, 1.165) is 25.1 Å². The van der Waals surface area contributed by atoms with Gasteiger partial charge in [0.25, 0.3) is 5.91 Å². The first-order chi connectivity index (χ1) is 16.1. The zero-order chi connectivity index (χ0) is 23.0. The van der Waals surface area contributed by atoms with Gasteiger partial charge in [0, 0.05) is 37.6 Å². The minimum atomic E-state index is -0.689. The molecule has 0 bridgehead atoms. The summed E-state index contributed by atoms with van der Waals surface area (Å²) in [6.45, 7) is 4.14. The first-order valence-electron chi connectivity index (χ1n) is 11.1. The predicted molar refractivity (Wildman–Crippen MR) is 127 cm³/mol. The van der Waals surface area contributed by atoms with E-state index in [4.69, 9.17) is 9.47 Å². The molecule has 1 fully saturated rings. The fourth-order valence-electron chi connectivity index (χ4n) is 3.84. The summed E-state index contributed by atoms with van der Waals surface area (Å²) < 4.78 is 11.8. The van der Waals surface area contributed by atoms with Crippen LogP contribution in [0.3, 0.4) is 0 Å². The number of aryl methyl sites for hydroxylation is 1. The van der Waals surface area contributed by atoms with Gasteiger partial charge in [-0.25, -0.2) is 4.98 Å². The van der Waals surface area contributed by atoms with Gasteiger partial charge < -0.3 is 19.9 Å². The number of aromatic nitrogens is 1. The molecule has 2 atom stereocenters. The lowest BCUT2D eigenvalue weighted by Gasteiger charge is -2.21. The Bertz CT molecular complexity index is 1060. The molecule has 2 unspecified atom stereocenters. The summed E-state index contributed by atoms with van der Waals surface area (Å²) in [7, 11) is 0. The second kappa shape index (κ2) is 10.9. The third-order valence-electron chi connectivity index (χ3n) is 5.47. The van der Waals surface area contributed by atoms with E-state index in [1.165, 1.54) is 0 Å². The summed E-state index contributed by atoms with van der Waals surface area (Å²) >= 11 is 0.